The number of ether oxygens (including phenoxy) is 1. The molecule has 0 saturated heterocycles. The van der Waals surface area contributed by atoms with Gasteiger partial charge in [-0.3, -0.25) is 4.79 Å². The Bertz CT molecular complexity index is 492. The Morgan fingerprint density at radius 1 is 1.48 bits per heavy atom. The highest BCUT2D eigenvalue weighted by Gasteiger charge is 2.27. The quantitative estimate of drug-likeness (QED) is 0.308. The number of nitrogens with one attached hydrogen (secondary N) is 3. The molecule has 0 aromatic carbocycles. The predicted molar refractivity (Wildman–Crippen MR) is 79.8 cm³/mol. The Kier molecular flexibility index (Phi) is 5.29. The second kappa shape index (κ2) is 7.19. The molecule has 1 atom stereocenters. The van der Waals surface area contributed by atoms with Gasteiger partial charge in [0.1, 0.15) is 23.5 Å². The van der Waals surface area contributed by atoms with Crippen LogP contribution in [0, 0.1) is 0 Å². The molecule has 1 aromatic rings. The van der Waals surface area contributed by atoms with Gasteiger partial charge in [0.2, 0.25) is 5.91 Å². The van der Waals surface area contributed by atoms with Crippen LogP contribution in [0.3, 0.4) is 0 Å². The van der Waals surface area contributed by atoms with E-state index in [1.165, 1.54) is 0 Å². The normalized spacial score (nSPS) is 15.4. The molecule has 1 amide bonds. The van der Waals surface area contributed by atoms with E-state index in [9.17, 15) is 4.79 Å². The van der Waals surface area contributed by atoms with Crippen LogP contribution >= 0.6 is 0 Å². The third kappa shape index (κ3) is 4.54. The fourth-order valence-electron chi connectivity index (χ4n) is 1.85. The molecule has 1 fully saturated rings. The van der Waals surface area contributed by atoms with E-state index in [0.717, 1.165) is 18.7 Å². The van der Waals surface area contributed by atoms with E-state index in [0.29, 0.717) is 30.7 Å². The zero-order valence-electron chi connectivity index (χ0n) is 12.3. The number of carbonyl (C=O) groups is 1. The minimum Gasteiger partial charge on any atom is -0.383 e. The number of nitrogens with zero attached hydrogens (tertiary/aromatic N) is 2. The fourth-order valence-corrected chi connectivity index (χ4v) is 1.85. The van der Waals surface area contributed by atoms with Gasteiger partial charge in [0.05, 0.1) is 6.61 Å². The van der Waals surface area contributed by atoms with Crippen LogP contribution in [0.1, 0.15) is 31.5 Å². The number of anilines is 2. The molecule has 21 heavy (non-hydrogen) atoms. The van der Waals surface area contributed by atoms with Gasteiger partial charge in [-0.2, -0.15) is 0 Å². The van der Waals surface area contributed by atoms with Gasteiger partial charge in [0, 0.05) is 25.6 Å². The predicted octanol–water partition coefficient (Wildman–Crippen LogP) is 0.203. The monoisotopic (exact) mass is 294 g/mol. The van der Waals surface area contributed by atoms with Gasteiger partial charge >= 0.3 is 0 Å². The first-order valence-corrected chi connectivity index (χ1v) is 7.02. The number of hydrogen-bond acceptors (Lipinski definition) is 7. The summed E-state index contributed by atoms with van der Waals surface area (Å²) < 4.78 is 4.89. The van der Waals surface area contributed by atoms with Crippen molar-refractivity contribution in [1.29, 1.82) is 0 Å². The van der Waals surface area contributed by atoms with E-state index in [2.05, 4.69) is 26.0 Å². The number of hydrogen-bond donors (Lipinski definition) is 4. The average molecular weight is 294 g/mol. The molecule has 1 heterocycles. The van der Waals surface area contributed by atoms with Gasteiger partial charge in [0.25, 0.3) is 0 Å². The van der Waals surface area contributed by atoms with Crippen molar-refractivity contribution in [3.05, 3.63) is 11.9 Å². The zero-order valence-corrected chi connectivity index (χ0v) is 12.3. The molecular weight excluding hydrogens is 272 g/mol. The number of aromatic nitrogens is 2. The second-order valence-corrected chi connectivity index (χ2v) is 5.07. The topological polar surface area (TPSA) is 114 Å². The minimum absolute atomic E-state index is 0.110. The van der Waals surface area contributed by atoms with Crippen LogP contribution < -0.4 is 21.9 Å². The Hall–Kier alpha value is -1.93. The molecule has 8 heteroatoms. The Labute approximate surface area is 123 Å². The van der Waals surface area contributed by atoms with E-state index in [1.54, 1.807) is 20.1 Å². The summed E-state index contributed by atoms with van der Waals surface area (Å²) in [6.45, 7) is 2.74. The van der Waals surface area contributed by atoms with Crippen LogP contribution in [0.25, 0.3) is 0 Å². The number of amides is 1. The first-order chi connectivity index (χ1) is 10.1. The Morgan fingerprint density at radius 2 is 2.19 bits per heavy atom. The highest BCUT2D eigenvalue weighted by Crippen LogP contribution is 2.38. The molecule has 5 N–H and O–H groups in total. The molecular formula is C13H22N6O2. The molecule has 0 radical (unpaired) electrons. The summed E-state index contributed by atoms with van der Waals surface area (Å²) in [5.41, 5.74) is 2.53. The van der Waals surface area contributed by atoms with Gasteiger partial charge in [-0.15, -0.1) is 0 Å². The average Bonchev–Trinajstić information content (AvgIpc) is 3.31. The van der Waals surface area contributed by atoms with Crippen molar-refractivity contribution in [1.82, 2.24) is 15.3 Å². The summed E-state index contributed by atoms with van der Waals surface area (Å²) in [4.78, 5) is 20.7. The van der Waals surface area contributed by atoms with Crippen molar-refractivity contribution < 1.29 is 9.53 Å². The van der Waals surface area contributed by atoms with Crippen LogP contribution in [0.5, 0.6) is 0 Å². The van der Waals surface area contributed by atoms with Gasteiger partial charge in [-0.25, -0.2) is 15.8 Å². The Balaban J connectivity index is 1.97. The highest BCUT2D eigenvalue weighted by atomic mass is 16.5. The van der Waals surface area contributed by atoms with Gasteiger partial charge < -0.3 is 20.8 Å². The number of hydrazine groups is 1. The summed E-state index contributed by atoms with van der Waals surface area (Å²) in [7, 11) is 1.59. The van der Waals surface area contributed by atoms with Crippen LogP contribution in [0.2, 0.25) is 0 Å². The van der Waals surface area contributed by atoms with Crippen molar-refractivity contribution in [2.75, 3.05) is 31.0 Å². The molecule has 1 aromatic heterocycles. The first kappa shape index (κ1) is 15.5. The molecule has 0 aliphatic heterocycles. The number of nitrogen functional groups attached to an aromatic ring is 1. The third-order valence-electron chi connectivity index (χ3n) is 3.20. The lowest BCUT2D eigenvalue weighted by atomic mass is 10.3. The SMILES string of the molecule is COCCNC(=O)C(C)Nc1cc(NN)nc(C2CC2)n1. The summed E-state index contributed by atoms with van der Waals surface area (Å²) in [5, 5.41) is 5.84. The van der Waals surface area contributed by atoms with Crippen molar-refractivity contribution in [2.24, 2.45) is 5.84 Å². The van der Waals surface area contributed by atoms with Crippen LogP contribution in [-0.4, -0.2) is 42.2 Å². The van der Waals surface area contributed by atoms with Crippen LogP contribution in [0.4, 0.5) is 11.6 Å². The summed E-state index contributed by atoms with van der Waals surface area (Å²) in [5.74, 6) is 7.61. The van der Waals surface area contributed by atoms with E-state index in [4.69, 9.17) is 10.6 Å². The Morgan fingerprint density at radius 3 is 2.81 bits per heavy atom. The third-order valence-corrected chi connectivity index (χ3v) is 3.20. The van der Waals surface area contributed by atoms with Gasteiger partial charge in [-0.05, 0) is 19.8 Å². The standard InChI is InChI=1S/C13H22N6O2/c1-8(13(20)15-5-6-21-2)16-10-7-11(19-14)18-12(17-10)9-3-4-9/h7-9H,3-6,14H2,1-2H3,(H,15,20)(H2,16,17,18,19). The van der Waals surface area contributed by atoms with Crippen molar-refractivity contribution in [2.45, 2.75) is 31.7 Å². The first-order valence-electron chi connectivity index (χ1n) is 7.02. The molecule has 1 unspecified atom stereocenters. The maximum absolute atomic E-state index is 11.9. The summed E-state index contributed by atoms with van der Waals surface area (Å²) >= 11 is 0. The fraction of sp³-hybridized carbons (Fsp3) is 0.615. The van der Waals surface area contributed by atoms with Crippen LogP contribution in [-0.2, 0) is 9.53 Å². The summed E-state index contributed by atoms with van der Waals surface area (Å²) in [6.07, 6.45) is 2.20. The largest absolute Gasteiger partial charge is 0.383 e. The molecule has 0 spiro atoms. The number of nitrogens with two attached hydrogens (primary N) is 1. The molecule has 1 saturated carbocycles. The summed E-state index contributed by atoms with van der Waals surface area (Å²) in [6, 6.07) is 1.28. The lowest BCUT2D eigenvalue weighted by Gasteiger charge is -2.15. The maximum Gasteiger partial charge on any atom is 0.242 e. The zero-order chi connectivity index (χ0) is 15.2. The van der Waals surface area contributed by atoms with Crippen LogP contribution in [0.15, 0.2) is 6.07 Å². The molecule has 2 rings (SSSR count). The highest BCUT2D eigenvalue weighted by molar-refractivity contribution is 5.83. The molecule has 1 aliphatic carbocycles. The molecule has 8 nitrogen and oxygen atoms in total. The molecule has 116 valence electrons. The van der Waals surface area contributed by atoms with Crippen molar-refractivity contribution in [3.8, 4) is 0 Å². The van der Waals surface area contributed by atoms with E-state index in [-0.39, 0.29) is 5.91 Å². The lowest BCUT2D eigenvalue weighted by Crippen LogP contribution is -2.39. The smallest absolute Gasteiger partial charge is 0.242 e. The number of methoxy groups -OCH3 is 1. The number of carbonyl (C=O) groups excluding carboxylic acids is 1. The number of rotatable bonds is 8. The van der Waals surface area contributed by atoms with E-state index in [1.807, 2.05) is 0 Å². The van der Waals surface area contributed by atoms with Gasteiger partial charge in [-0.1, -0.05) is 0 Å². The van der Waals surface area contributed by atoms with Crippen molar-refractivity contribution >= 4 is 17.5 Å². The lowest BCUT2D eigenvalue weighted by molar-refractivity contribution is -0.121. The van der Waals surface area contributed by atoms with Crippen molar-refractivity contribution in [3.63, 3.8) is 0 Å². The maximum atomic E-state index is 11.9. The minimum atomic E-state index is -0.408. The van der Waals surface area contributed by atoms with E-state index >= 15 is 0 Å². The van der Waals surface area contributed by atoms with E-state index < -0.39 is 6.04 Å². The second-order valence-electron chi connectivity index (χ2n) is 5.07. The molecule has 1 aliphatic rings. The molecule has 0 bridgehead atoms. The van der Waals surface area contributed by atoms with Gasteiger partial charge in [0.15, 0.2) is 0 Å².